The number of primary amides is 1. The standard InChI is InChI=1S/C19H22N6O2.ClH/c1-11-16(12(2)24-9-7-13(8-10-24)17(20)26)18(27)25(23-11)19-21-14-5-3-4-6-15(14)22-19;/h3-6,13H,7-10H2,1-2H3,(H2,20,26)(H,21,22);1H. The summed E-state index contributed by atoms with van der Waals surface area (Å²) in [5, 5.41) is 5.75. The number of nitrogens with two attached hydrogens (primary N) is 1. The van der Waals surface area contributed by atoms with Crippen molar-refractivity contribution in [2.75, 3.05) is 18.1 Å². The lowest BCUT2D eigenvalue weighted by Gasteiger charge is -2.33. The second-order valence-electron chi connectivity index (χ2n) is 7.00. The van der Waals surface area contributed by atoms with Crippen LogP contribution in [-0.4, -0.2) is 45.5 Å². The van der Waals surface area contributed by atoms with E-state index in [1.54, 1.807) is 0 Å². The Balaban J connectivity index is 0.00000225. The Morgan fingerprint density at radius 3 is 2.57 bits per heavy atom. The number of carbonyl (C=O) groups excluding carboxylic acids is 2. The highest BCUT2D eigenvalue weighted by Gasteiger charge is 2.34. The summed E-state index contributed by atoms with van der Waals surface area (Å²) in [7, 11) is 0. The van der Waals surface area contributed by atoms with Crippen LogP contribution in [-0.2, 0) is 9.59 Å². The van der Waals surface area contributed by atoms with Gasteiger partial charge in [0, 0.05) is 24.7 Å². The molecular formula is C19H23ClN6O2. The second-order valence-corrected chi connectivity index (χ2v) is 7.00. The Hall–Kier alpha value is -2.87. The molecule has 0 radical (unpaired) electrons. The number of hydrazone groups is 1. The third-order valence-electron chi connectivity index (χ3n) is 5.33. The molecule has 4 rings (SSSR count). The van der Waals surface area contributed by atoms with E-state index in [0.717, 1.165) is 16.7 Å². The van der Waals surface area contributed by atoms with Gasteiger partial charge in [0.25, 0.3) is 5.91 Å². The number of aromatic amines is 1. The van der Waals surface area contributed by atoms with Crippen molar-refractivity contribution in [3.8, 4) is 0 Å². The molecule has 9 heteroatoms. The van der Waals surface area contributed by atoms with E-state index in [1.165, 1.54) is 5.01 Å². The monoisotopic (exact) mass is 402 g/mol. The van der Waals surface area contributed by atoms with E-state index in [1.807, 2.05) is 38.1 Å². The predicted octanol–water partition coefficient (Wildman–Crippen LogP) is 2.18. The molecule has 1 fully saturated rings. The first kappa shape index (κ1) is 19.9. The molecule has 28 heavy (non-hydrogen) atoms. The van der Waals surface area contributed by atoms with Crippen molar-refractivity contribution < 1.29 is 9.59 Å². The number of anilines is 1. The summed E-state index contributed by atoms with van der Waals surface area (Å²) in [6.45, 7) is 5.16. The van der Waals surface area contributed by atoms with Crippen molar-refractivity contribution in [3.63, 3.8) is 0 Å². The Bertz CT molecular complexity index is 954. The van der Waals surface area contributed by atoms with Gasteiger partial charge in [-0.15, -0.1) is 12.4 Å². The number of para-hydroxylation sites is 2. The fourth-order valence-corrected chi connectivity index (χ4v) is 3.76. The lowest BCUT2D eigenvalue weighted by molar-refractivity contribution is -0.123. The van der Waals surface area contributed by atoms with Crippen molar-refractivity contribution >= 4 is 46.9 Å². The lowest BCUT2D eigenvalue weighted by Crippen LogP contribution is -2.38. The summed E-state index contributed by atoms with van der Waals surface area (Å²) in [5.74, 6) is -0.109. The van der Waals surface area contributed by atoms with Crippen LogP contribution in [0.1, 0.15) is 26.7 Å². The summed E-state index contributed by atoms with van der Waals surface area (Å²) >= 11 is 0. The normalized spacial score (nSPS) is 19.6. The molecule has 2 aromatic rings. The van der Waals surface area contributed by atoms with E-state index in [2.05, 4.69) is 20.0 Å². The van der Waals surface area contributed by atoms with Gasteiger partial charge >= 0.3 is 0 Å². The molecule has 0 saturated carbocycles. The van der Waals surface area contributed by atoms with Crippen molar-refractivity contribution in [3.05, 3.63) is 35.5 Å². The van der Waals surface area contributed by atoms with Gasteiger partial charge in [-0.2, -0.15) is 10.1 Å². The molecule has 8 nitrogen and oxygen atoms in total. The van der Waals surface area contributed by atoms with Crippen LogP contribution in [0.5, 0.6) is 0 Å². The van der Waals surface area contributed by atoms with Crippen LogP contribution >= 0.6 is 12.4 Å². The van der Waals surface area contributed by atoms with Gasteiger partial charge in [0.1, 0.15) is 0 Å². The number of piperidine rings is 1. The minimum Gasteiger partial charge on any atom is -0.374 e. The van der Waals surface area contributed by atoms with Crippen LogP contribution in [0.25, 0.3) is 11.0 Å². The molecule has 148 valence electrons. The van der Waals surface area contributed by atoms with Gasteiger partial charge in [-0.05, 0) is 38.8 Å². The topological polar surface area (TPSA) is 108 Å². The number of hydrogen-bond donors (Lipinski definition) is 2. The van der Waals surface area contributed by atoms with Gasteiger partial charge < -0.3 is 15.6 Å². The number of allylic oxidation sites excluding steroid dienone is 1. The van der Waals surface area contributed by atoms with Gasteiger partial charge in [-0.1, -0.05) is 12.1 Å². The van der Waals surface area contributed by atoms with E-state index in [0.29, 0.717) is 43.2 Å². The van der Waals surface area contributed by atoms with Gasteiger partial charge in [0.15, 0.2) is 0 Å². The van der Waals surface area contributed by atoms with E-state index in [9.17, 15) is 9.59 Å². The number of rotatable bonds is 3. The largest absolute Gasteiger partial charge is 0.374 e. The molecule has 0 aliphatic carbocycles. The minimum absolute atomic E-state index is 0. The fraction of sp³-hybridized carbons (Fsp3) is 0.368. The highest BCUT2D eigenvalue weighted by molar-refractivity contribution is 6.29. The number of halogens is 1. The maximum atomic E-state index is 13.0. The lowest BCUT2D eigenvalue weighted by atomic mass is 9.95. The van der Waals surface area contributed by atoms with Gasteiger partial charge in [0.2, 0.25) is 11.9 Å². The molecule has 3 N–H and O–H groups in total. The maximum Gasteiger partial charge on any atom is 0.285 e. The number of nitrogens with zero attached hydrogens (tertiary/aromatic N) is 4. The van der Waals surface area contributed by atoms with Crippen LogP contribution in [0.3, 0.4) is 0 Å². The highest BCUT2D eigenvalue weighted by atomic mass is 35.5. The number of benzene rings is 1. The first-order chi connectivity index (χ1) is 13.0. The molecule has 2 aliphatic rings. The fourth-order valence-electron chi connectivity index (χ4n) is 3.76. The number of hydrogen-bond acceptors (Lipinski definition) is 5. The van der Waals surface area contributed by atoms with E-state index < -0.39 is 0 Å². The number of nitrogens with one attached hydrogen (secondary N) is 1. The van der Waals surface area contributed by atoms with Crippen LogP contribution in [0.15, 0.2) is 40.6 Å². The molecular weight excluding hydrogens is 380 g/mol. The van der Waals surface area contributed by atoms with Gasteiger partial charge in [0.05, 0.1) is 22.3 Å². The number of likely N-dealkylation sites (tertiary alicyclic amines) is 1. The Morgan fingerprint density at radius 1 is 1.25 bits per heavy atom. The quantitative estimate of drug-likeness (QED) is 0.767. The molecule has 1 saturated heterocycles. The number of amides is 2. The number of carbonyl (C=O) groups is 2. The van der Waals surface area contributed by atoms with Crippen LogP contribution in [0.4, 0.5) is 5.95 Å². The van der Waals surface area contributed by atoms with Crippen molar-refractivity contribution in [1.29, 1.82) is 0 Å². The first-order valence-electron chi connectivity index (χ1n) is 9.05. The molecule has 0 spiro atoms. The van der Waals surface area contributed by atoms with E-state index in [-0.39, 0.29) is 30.1 Å². The minimum atomic E-state index is -0.245. The molecule has 0 unspecified atom stereocenters. The molecule has 0 bridgehead atoms. The van der Waals surface area contributed by atoms with Crippen LogP contribution < -0.4 is 10.7 Å². The molecule has 2 aliphatic heterocycles. The number of fused-ring (bicyclic) bond motifs is 1. The Kier molecular flexibility index (Phi) is 5.42. The molecule has 1 aromatic heterocycles. The number of aromatic nitrogens is 2. The summed E-state index contributed by atoms with van der Waals surface area (Å²) in [6, 6.07) is 7.61. The first-order valence-corrected chi connectivity index (χ1v) is 9.05. The average molecular weight is 403 g/mol. The van der Waals surface area contributed by atoms with E-state index in [4.69, 9.17) is 5.73 Å². The highest BCUT2D eigenvalue weighted by Crippen LogP contribution is 2.28. The van der Waals surface area contributed by atoms with Crippen LogP contribution in [0, 0.1) is 5.92 Å². The van der Waals surface area contributed by atoms with Gasteiger partial charge in [-0.25, -0.2) is 4.98 Å². The molecule has 0 atom stereocenters. The predicted molar refractivity (Wildman–Crippen MR) is 110 cm³/mol. The summed E-state index contributed by atoms with van der Waals surface area (Å²) < 4.78 is 0. The van der Waals surface area contributed by atoms with Gasteiger partial charge in [-0.3, -0.25) is 9.59 Å². The maximum absolute atomic E-state index is 13.0. The average Bonchev–Trinajstić information content (AvgIpc) is 3.21. The third kappa shape index (κ3) is 3.35. The molecule has 2 amide bonds. The Labute approximate surface area is 168 Å². The smallest absolute Gasteiger partial charge is 0.285 e. The number of H-pyrrole nitrogens is 1. The zero-order valence-electron chi connectivity index (χ0n) is 15.8. The van der Waals surface area contributed by atoms with Crippen molar-refractivity contribution in [2.24, 2.45) is 16.8 Å². The van der Waals surface area contributed by atoms with Crippen LogP contribution in [0.2, 0.25) is 0 Å². The zero-order valence-corrected chi connectivity index (χ0v) is 16.6. The SMILES string of the molecule is CC1=NN(c2nc3ccccc3[nH]2)C(=O)C1=C(C)N1CCC(C(N)=O)CC1.Cl. The summed E-state index contributed by atoms with van der Waals surface area (Å²) in [6.07, 6.45) is 1.41. The second kappa shape index (κ2) is 7.63. The zero-order chi connectivity index (χ0) is 19.1. The molecule has 1 aromatic carbocycles. The third-order valence-corrected chi connectivity index (χ3v) is 5.33. The van der Waals surface area contributed by atoms with E-state index >= 15 is 0 Å². The van der Waals surface area contributed by atoms with Crippen molar-refractivity contribution in [1.82, 2.24) is 14.9 Å². The summed E-state index contributed by atoms with van der Waals surface area (Å²) in [4.78, 5) is 34.2. The van der Waals surface area contributed by atoms with Crippen molar-refractivity contribution in [2.45, 2.75) is 26.7 Å². The number of imidazole rings is 1. The molecule has 3 heterocycles. The summed E-state index contributed by atoms with van der Waals surface area (Å²) in [5.41, 5.74) is 9.19. The Morgan fingerprint density at radius 2 is 1.93 bits per heavy atom.